The molecule has 19 heavy (non-hydrogen) atoms. The fraction of sp³-hybridized carbons (Fsp3) is 0.182. The van der Waals surface area contributed by atoms with Gasteiger partial charge in [0.15, 0.2) is 10.7 Å². The van der Waals surface area contributed by atoms with Gasteiger partial charge >= 0.3 is 0 Å². The van der Waals surface area contributed by atoms with Crippen LogP contribution in [-0.4, -0.2) is 18.7 Å². The standard InChI is InChI=1S/C11H11ClN2O4S/c1-6-11(7(2)18-13-6)19(16,17)14-8-3-4-9(12)10(15)5-8/h3-5,14-15H,1-2H3. The Hall–Kier alpha value is -1.73. The summed E-state index contributed by atoms with van der Waals surface area (Å²) in [7, 11) is -3.82. The molecule has 1 aromatic heterocycles. The van der Waals surface area contributed by atoms with Gasteiger partial charge in [-0.15, -0.1) is 0 Å². The van der Waals surface area contributed by atoms with Gasteiger partial charge < -0.3 is 9.63 Å². The third-order valence-electron chi connectivity index (χ3n) is 2.43. The molecule has 0 aliphatic rings. The summed E-state index contributed by atoms with van der Waals surface area (Å²) in [6, 6.07) is 4.05. The Balaban J connectivity index is 2.39. The molecule has 2 aromatic rings. The number of benzene rings is 1. The van der Waals surface area contributed by atoms with Crippen LogP contribution in [0.3, 0.4) is 0 Å². The SMILES string of the molecule is Cc1noc(C)c1S(=O)(=O)Nc1ccc(Cl)c(O)c1. The minimum absolute atomic E-state index is 0.0121. The number of phenolic OH excluding ortho intramolecular Hbond substituents is 1. The number of aromatic nitrogens is 1. The molecule has 1 aromatic carbocycles. The van der Waals surface area contributed by atoms with Crippen LogP contribution in [0.1, 0.15) is 11.5 Å². The first-order valence-electron chi connectivity index (χ1n) is 5.25. The minimum atomic E-state index is -3.82. The van der Waals surface area contributed by atoms with Crippen molar-refractivity contribution in [3.05, 3.63) is 34.7 Å². The van der Waals surface area contributed by atoms with Crippen molar-refractivity contribution in [2.24, 2.45) is 0 Å². The van der Waals surface area contributed by atoms with Gasteiger partial charge in [0.05, 0.1) is 10.7 Å². The molecule has 0 fully saturated rings. The number of nitrogens with one attached hydrogen (secondary N) is 1. The van der Waals surface area contributed by atoms with E-state index in [-0.39, 0.29) is 32.8 Å². The van der Waals surface area contributed by atoms with Gasteiger partial charge in [-0.2, -0.15) is 0 Å². The van der Waals surface area contributed by atoms with E-state index in [1.807, 2.05) is 0 Å². The molecule has 0 unspecified atom stereocenters. The van der Waals surface area contributed by atoms with Gasteiger partial charge in [-0.05, 0) is 26.0 Å². The zero-order chi connectivity index (χ0) is 14.2. The van der Waals surface area contributed by atoms with Crippen molar-refractivity contribution in [3.63, 3.8) is 0 Å². The van der Waals surface area contributed by atoms with Gasteiger partial charge in [0.25, 0.3) is 10.0 Å². The molecule has 0 aliphatic carbocycles. The lowest BCUT2D eigenvalue weighted by atomic mass is 10.3. The Morgan fingerprint density at radius 1 is 1.37 bits per heavy atom. The van der Waals surface area contributed by atoms with Crippen LogP contribution < -0.4 is 4.72 Å². The Kier molecular flexibility index (Phi) is 3.42. The fourth-order valence-electron chi connectivity index (χ4n) is 1.64. The Bertz CT molecular complexity index is 705. The average Bonchev–Trinajstić information content (AvgIpc) is 2.64. The van der Waals surface area contributed by atoms with Crippen LogP contribution in [0.2, 0.25) is 5.02 Å². The van der Waals surface area contributed by atoms with Gasteiger partial charge in [-0.25, -0.2) is 8.42 Å². The number of aromatic hydroxyl groups is 1. The number of aryl methyl sites for hydroxylation is 2. The average molecular weight is 303 g/mol. The second-order valence-corrected chi connectivity index (χ2v) is 5.95. The van der Waals surface area contributed by atoms with E-state index < -0.39 is 10.0 Å². The number of anilines is 1. The maximum Gasteiger partial charge on any atom is 0.267 e. The Morgan fingerprint density at radius 2 is 2.05 bits per heavy atom. The van der Waals surface area contributed by atoms with E-state index in [9.17, 15) is 13.5 Å². The smallest absolute Gasteiger partial charge is 0.267 e. The number of sulfonamides is 1. The quantitative estimate of drug-likeness (QED) is 0.908. The van der Waals surface area contributed by atoms with Crippen LogP contribution in [0, 0.1) is 13.8 Å². The summed E-state index contributed by atoms with van der Waals surface area (Å²) in [4.78, 5) is -0.0121. The Labute approximate surface area is 115 Å². The molecular formula is C11H11ClN2O4S. The molecule has 0 spiro atoms. The highest BCUT2D eigenvalue weighted by Crippen LogP contribution is 2.28. The topological polar surface area (TPSA) is 92.4 Å². The maximum atomic E-state index is 12.2. The molecule has 0 saturated carbocycles. The molecule has 0 atom stereocenters. The molecule has 0 radical (unpaired) electrons. The van der Waals surface area contributed by atoms with Crippen LogP contribution in [-0.2, 0) is 10.0 Å². The van der Waals surface area contributed by atoms with E-state index in [1.54, 1.807) is 0 Å². The molecule has 102 valence electrons. The third kappa shape index (κ3) is 2.66. The molecule has 0 aliphatic heterocycles. The number of phenols is 1. The van der Waals surface area contributed by atoms with Crippen LogP contribution in [0.4, 0.5) is 5.69 Å². The third-order valence-corrected chi connectivity index (χ3v) is 4.38. The lowest BCUT2D eigenvalue weighted by Crippen LogP contribution is -2.14. The lowest BCUT2D eigenvalue weighted by molar-refractivity contribution is 0.390. The van der Waals surface area contributed by atoms with E-state index in [4.69, 9.17) is 16.1 Å². The molecule has 8 heteroatoms. The molecule has 1 heterocycles. The number of halogens is 1. The van der Waals surface area contributed by atoms with Crippen molar-refractivity contribution >= 4 is 27.3 Å². The predicted octanol–water partition coefficient (Wildman–Crippen LogP) is 2.45. The van der Waals surface area contributed by atoms with Gasteiger partial charge in [0, 0.05) is 6.07 Å². The first-order valence-corrected chi connectivity index (χ1v) is 7.11. The monoisotopic (exact) mass is 302 g/mol. The van der Waals surface area contributed by atoms with E-state index in [0.29, 0.717) is 0 Å². The van der Waals surface area contributed by atoms with Crippen molar-refractivity contribution in [2.75, 3.05) is 4.72 Å². The van der Waals surface area contributed by atoms with Crippen LogP contribution in [0.25, 0.3) is 0 Å². The highest BCUT2D eigenvalue weighted by Gasteiger charge is 2.24. The van der Waals surface area contributed by atoms with Crippen LogP contribution in [0.15, 0.2) is 27.6 Å². The lowest BCUT2D eigenvalue weighted by Gasteiger charge is -2.08. The number of hydrogen-bond donors (Lipinski definition) is 2. The van der Waals surface area contributed by atoms with Crippen LogP contribution in [0.5, 0.6) is 5.75 Å². The van der Waals surface area contributed by atoms with Crippen LogP contribution >= 0.6 is 11.6 Å². The van der Waals surface area contributed by atoms with Crippen molar-refractivity contribution in [3.8, 4) is 5.75 Å². The summed E-state index contributed by atoms with van der Waals surface area (Å²) >= 11 is 5.65. The summed E-state index contributed by atoms with van der Waals surface area (Å²) in [5.41, 5.74) is 0.463. The number of hydrogen-bond acceptors (Lipinski definition) is 5. The summed E-state index contributed by atoms with van der Waals surface area (Å²) in [5, 5.41) is 13.2. The predicted molar refractivity (Wildman–Crippen MR) is 69.9 cm³/mol. The largest absolute Gasteiger partial charge is 0.506 e. The molecule has 0 saturated heterocycles. The van der Waals surface area contributed by atoms with Crippen molar-refractivity contribution in [1.82, 2.24) is 5.16 Å². The number of rotatable bonds is 3. The zero-order valence-corrected chi connectivity index (χ0v) is 11.7. The van der Waals surface area contributed by atoms with E-state index >= 15 is 0 Å². The van der Waals surface area contributed by atoms with Gasteiger partial charge in [-0.1, -0.05) is 16.8 Å². The molecular weight excluding hydrogens is 292 g/mol. The first kappa shape index (κ1) is 13.7. The van der Waals surface area contributed by atoms with Gasteiger partial charge in [0.2, 0.25) is 0 Å². The highest BCUT2D eigenvalue weighted by atomic mass is 35.5. The maximum absolute atomic E-state index is 12.2. The molecule has 6 nitrogen and oxygen atoms in total. The highest BCUT2D eigenvalue weighted by molar-refractivity contribution is 7.92. The molecule has 2 N–H and O–H groups in total. The second kappa shape index (κ2) is 4.75. The molecule has 0 amide bonds. The summed E-state index contributed by atoms with van der Waals surface area (Å²) in [6.45, 7) is 3.04. The van der Waals surface area contributed by atoms with Crippen molar-refractivity contribution in [2.45, 2.75) is 18.7 Å². The normalized spacial score (nSPS) is 11.5. The zero-order valence-electron chi connectivity index (χ0n) is 10.1. The van der Waals surface area contributed by atoms with Crippen molar-refractivity contribution in [1.29, 1.82) is 0 Å². The summed E-state index contributed by atoms with van der Waals surface area (Å²) in [5.74, 6) is -0.0104. The van der Waals surface area contributed by atoms with E-state index in [0.717, 1.165) is 0 Å². The Morgan fingerprint density at radius 3 is 2.58 bits per heavy atom. The van der Waals surface area contributed by atoms with Gasteiger partial charge in [0.1, 0.15) is 11.4 Å². The summed E-state index contributed by atoms with van der Waals surface area (Å²) in [6.07, 6.45) is 0. The second-order valence-electron chi connectivity index (χ2n) is 3.92. The molecule has 2 rings (SSSR count). The minimum Gasteiger partial charge on any atom is -0.506 e. The summed E-state index contributed by atoms with van der Waals surface area (Å²) < 4.78 is 31.5. The first-order chi connectivity index (χ1) is 8.81. The fourth-order valence-corrected chi connectivity index (χ4v) is 3.14. The number of nitrogens with zero attached hydrogens (tertiary/aromatic N) is 1. The van der Waals surface area contributed by atoms with E-state index in [2.05, 4.69) is 9.88 Å². The van der Waals surface area contributed by atoms with Crippen molar-refractivity contribution < 1.29 is 18.0 Å². The van der Waals surface area contributed by atoms with Gasteiger partial charge in [-0.3, -0.25) is 4.72 Å². The van der Waals surface area contributed by atoms with E-state index in [1.165, 1.54) is 32.0 Å². The molecule has 0 bridgehead atoms.